The van der Waals surface area contributed by atoms with Crippen molar-refractivity contribution in [3.63, 3.8) is 0 Å². The second-order valence-electron chi connectivity index (χ2n) is 6.00. The van der Waals surface area contributed by atoms with E-state index < -0.39 is 0 Å². The van der Waals surface area contributed by atoms with E-state index in [1.54, 1.807) is 31.4 Å². The Morgan fingerprint density at radius 3 is 2.52 bits per heavy atom. The molecule has 5 heteroatoms. The van der Waals surface area contributed by atoms with E-state index in [-0.39, 0.29) is 0 Å². The minimum Gasteiger partial charge on any atom is -0.496 e. The summed E-state index contributed by atoms with van der Waals surface area (Å²) >= 11 is 0. The third kappa shape index (κ3) is 2.99. The third-order valence-corrected chi connectivity index (χ3v) is 4.40. The molecule has 1 aromatic heterocycles. The van der Waals surface area contributed by atoms with Crippen molar-refractivity contribution < 1.29 is 4.74 Å². The van der Waals surface area contributed by atoms with Crippen LogP contribution in [-0.2, 0) is 0 Å². The summed E-state index contributed by atoms with van der Waals surface area (Å²) < 4.78 is 5.52. The Morgan fingerprint density at radius 2 is 1.81 bits per heavy atom. The van der Waals surface area contributed by atoms with Crippen molar-refractivity contribution in [1.29, 1.82) is 5.26 Å². The molecular weight excluding hydrogens is 336 g/mol. The second-order valence-corrected chi connectivity index (χ2v) is 6.00. The Kier molecular flexibility index (Phi) is 4.04. The molecule has 0 fully saturated rings. The average Bonchev–Trinajstić information content (AvgIpc) is 3.16. The fourth-order valence-electron chi connectivity index (χ4n) is 3.01. The molecule has 0 atom stereocenters. The zero-order valence-corrected chi connectivity index (χ0v) is 14.5. The fourth-order valence-corrected chi connectivity index (χ4v) is 3.01. The Hall–Kier alpha value is -4.09. The number of imidazole rings is 1. The van der Waals surface area contributed by atoms with Gasteiger partial charge in [-0.15, -0.1) is 0 Å². The van der Waals surface area contributed by atoms with Crippen LogP contribution in [0.2, 0.25) is 0 Å². The number of aromatic nitrogens is 2. The zero-order chi connectivity index (χ0) is 18.8. The molecule has 0 saturated heterocycles. The summed E-state index contributed by atoms with van der Waals surface area (Å²) in [6.07, 6.45) is 0. The number of nitrogens with one attached hydrogen (secondary N) is 1. The molecule has 0 aliphatic heterocycles. The van der Waals surface area contributed by atoms with Gasteiger partial charge >= 0.3 is 0 Å². The van der Waals surface area contributed by atoms with Crippen molar-refractivity contribution in [1.82, 2.24) is 9.97 Å². The Morgan fingerprint density at radius 1 is 1.04 bits per heavy atom. The van der Waals surface area contributed by atoms with E-state index in [9.17, 15) is 0 Å². The number of hydrogen-bond donors (Lipinski definition) is 1. The number of fused-ring (bicyclic) bond motifs is 1. The first kappa shape index (κ1) is 16.4. The van der Waals surface area contributed by atoms with E-state index in [0.717, 1.165) is 27.7 Å². The van der Waals surface area contributed by atoms with Crippen molar-refractivity contribution >= 4 is 16.7 Å². The third-order valence-electron chi connectivity index (χ3n) is 4.40. The molecule has 1 heterocycles. The van der Waals surface area contributed by atoms with Crippen molar-refractivity contribution in [3.8, 4) is 34.3 Å². The molecule has 3 aromatic carbocycles. The van der Waals surface area contributed by atoms with Crippen LogP contribution >= 0.6 is 0 Å². The maximum atomic E-state index is 9.08. The summed E-state index contributed by atoms with van der Waals surface area (Å²) in [5, 5.41) is 9.08. The monoisotopic (exact) mass is 350 g/mol. The van der Waals surface area contributed by atoms with Crippen molar-refractivity contribution in [2.45, 2.75) is 0 Å². The minimum atomic E-state index is 0.582. The standard InChI is InChI=1S/C22H14N4O/c1-24-17-7-4-15(5-8-17)16-6-10-21(27-2)18(12-16)22-25-19-9-3-14(13-23)11-20(19)26-22/h3-12H,2H3,(H,25,26). The first-order chi connectivity index (χ1) is 13.2. The van der Waals surface area contributed by atoms with Crippen LogP contribution in [0.15, 0.2) is 60.7 Å². The molecule has 0 aliphatic carbocycles. The second kappa shape index (κ2) is 6.67. The zero-order valence-electron chi connectivity index (χ0n) is 14.5. The van der Waals surface area contributed by atoms with Gasteiger partial charge in [-0.05, 0) is 41.5 Å². The molecule has 0 unspecified atom stereocenters. The molecule has 0 saturated carbocycles. The number of nitriles is 1. The van der Waals surface area contributed by atoms with E-state index >= 15 is 0 Å². The number of nitrogens with zero attached hydrogens (tertiary/aromatic N) is 3. The van der Waals surface area contributed by atoms with E-state index in [1.165, 1.54) is 0 Å². The molecule has 0 spiro atoms. The normalized spacial score (nSPS) is 10.3. The molecule has 5 nitrogen and oxygen atoms in total. The highest BCUT2D eigenvalue weighted by molar-refractivity contribution is 5.83. The van der Waals surface area contributed by atoms with Crippen LogP contribution in [0.4, 0.5) is 5.69 Å². The van der Waals surface area contributed by atoms with E-state index in [2.05, 4.69) is 20.9 Å². The average molecular weight is 350 g/mol. The number of benzene rings is 3. The molecule has 4 aromatic rings. The van der Waals surface area contributed by atoms with Gasteiger partial charge in [0, 0.05) is 0 Å². The topological polar surface area (TPSA) is 66.1 Å². The summed E-state index contributed by atoms with van der Waals surface area (Å²) in [7, 11) is 1.62. The molecule has 4 rings (SSSR count). The lowest BCUT2D eigenvalue weighted by atomic mass is 10.0. The van der Waals surface area contributed by atoms with Crippen molar-refractivity contribution in [2.24, 2.45) is 0 Å². The molecule has 0 amide bonds. The summed E-state index contributed by atoms with van der Waals surface area (Å²) in [4.78, 5) is 11.3. The molecule has 0 bridgehead atoms. The fraction of sp³-hybridized carbons (Fsp3) is 0.0455. The Balaban J connectivity index is 1.83. The highest BCUT2D eigenvalue weighted by atomic mass is 16.5. The number of hydrogen-bond acceptors (Lipinski definition) is 3. The highest BCUT2D eigenvalue weighted by Crippen LogP contribution is 2.34. The van der Waals surface area contributed by atoms with Gasteiger partial charge in [-0.3, -0.25) is 0 Å². The number of methoxy groups -OCH3 is 1. The summed E-state index contributed by atoms with van der Waals surface area (Å²) in [5.74, 6) is 1.38. The van der Waals surface area contributed by atoms with Gasteiger partial charge in [0.1, 0.15) is 11.6 Å². The summed E-state index contributed by atoms with van der Waals surface area (Å²) in [6.45, 7) is 7.08. The predicted octanol–water partition coefficient (Wildman–Crippen LogP) is 5.33. The van der Waals surface area contributed by atoms with Crippen LogP contribution in [0.1, 0.15) is 5.56 Å². The van der Waals surface area contributed by atoms with E-state index in [1.807, 2.05) is 36.4 Å². The molecular formula is C22H14N4O. The van der Waals surface area contributed by atoms with Crippen molar-refractivity contribution in [3.05, 3.63) is 77.6 Å². The molecule has 128 valence electrons. The lowest BCUT2D eigenvalue weighted by Crippen LogP contribution is -1.90. The van der Waals surface area contributed by atoms with Crippen LogP contribution in [0, 0.1) is 17.9 Å². The summed E-state index contributed by atoms with van der Waals surface area (Å²) in [6, 6.07) is 20.8. The number of rotatable bonds is 3. The maximum Gasteiger partial charge on any atom is 0.187 e. The minimum absolute atomic E-state index is 0.582. The van der Waals surface area contributed by atoms with E-state index in [0.29, 0.717) is 22.8 Å². The molecule has 1 N–H and O–H groups in total. The van der Waals surface area contributed by atoms with Gasteiger partial charge in [0.15, 0.2) is 5.69 Å². The van der Waals surface area contributed by atoms with Gasteiger partial charge in [0.25, 0.3) is 0 Å². The number of ether oxygens (including phenoxy) is 1. The van der Waals surface area contributed by atoms with Crippen LogP contribution in [0.25, 0.3) is 38.4 Å². The van der Waals surface area contributed by atoms with Gasteiger partial charge in [-0.1, -0.05) is 30.3 Å². The Bertz CT molecular complexity index is 1220. The van der Waals surface area contributed by atoms with Crippen LogP contribution in [0.5, 0.6) is 5.75 Å². The molecule has 0 radical (unpaired) electrons. The Labute approximate surface area is 156 Å². The van der Waals surface area contributed by atoms with Gasteiger partial charge < -0.3 is 9.72 Å². The largest absolute Gasteiger partial charge is 0.496 e. The van der Waals surface area contributed by atoms with E-state index in [4.69, 9.17) is 16.6 Å². The lowest BCUT2D eigenvalue weighted by molar-refractivity contribution is 0.416. The first-order valence-corrected chi connectivity index (χ1v) is 8.28. The van der Waals surface area contributed by atoms with Crippen molar-refractivity contribution in [2.75, 3.05) is 7.11 Å². The van der Waals surface area contributed by atoms with Crippen LogP contribution in [-0.4, -0.2) is 17.1 Å². The van der Waals surface area contributed by atoms with Crippen LogP contribution in [0.3, 0.4) is 0 Å². The highest BCUT2D eigenvalue weighted by Gasteiger charge is 2.13. The number of H-pyrrole nitrogens is 1. The molecule has 27 heavy (non-hydrogen) atoms. The first-order valence-electron chi connectivity index (χ1n) is 8.28. The quantitative estimate of drug-likeness (QED) is 0.508. The smallest absolute Gasteiger partial charge is 0.187 e. The van der Waals surface area contributed by atoms with Gasteiger partial charge in [-0.25, -0.2) is 9.83 Å². The number of aromatic amines is 1. The van der Waals surface area contributed by atoms with Gasteiger partial charge in [-0.2, -0.15) is 5.26 Å². The predicted molar refractivity (Wildman–Crippen MR) is 104 cm³/mol. The van der Waals surface area contributed by atoms with Gasteiger partial charge in [0.2, 0.25) is 0 Å². The summed E-state index contributed by atoms with van der Waals surface area (Å²) in [5.41, 5.74) is 5.63. The molecule has 0 aliphatic rings. The van der Waals surface area contributed by atoms with Crippen LogP contribution < -0.4 is 4.74 Å². The lowest BCUT2D eigenvalue weighted by Gasteiger charge is -2.09. The van der Waals surface area contributed by atoms with Gasteiger partial charge in [0.05, 0.1) is 41.9 Å². The maximum absolute atomic E-state index is 9.08. The SMILES string of the molecule is [C-]#[N+]c1ccc(-c2ccc(OC)c(-c3nc4ccc(C#N)cc4[nH]3)c2)cc1.